The van der Waals surface area contributed by atoms with Crippen LogP contribution in [0.25, 0.3) is 0 Å². The first-order valence-corrected chi connectivity index (χ1v) is 6.17. The molecule has 2 rings (SSSR count). The van der Waals surface area contributed by atoms with Crippen LogP contribution in [0.15, 0.2) is 41.4 Å². The Morgan fingerprint density at radius 2 is 1.95 bits per heavy atom. The molecule has 6 heteroatoms. The van der Waals surface area contributed by atoms with Gasteiger partial charge < -0.3 is 22.7 Å². The van der Waals surface area contributed by atoms with Crippen molar-refractivity contribution >= 4 is 30.0 Å². The van der Waals surface area contributed by atoms with Gasteiger partial charge in [-0.05, 0) is 17.7 Å². The van der Waals surface area contributed by atoms with E-state index in [2.05, 4.69) is 10.3 Å². The molecule has 1 aromatic heterocycles. The number of nitrogens with one attached hydrogen (secondary N) is 1. The van der Waals surface area contributed by atoms with Crippen LogP contribution in [0.1, 0.15) is 5.56 Å². The van der Waals surface area contributed by atoms with E-state index < -0.39 is 0 Å². The van der Waals surface area contributed by atoms with Crippen molar-refractivity contribution in [3.63, 3.8) is 0 Å². The van der Waals surface area contributed by atoms with E-state index in [1.807, 2.05) is 24.3 Å². The molecule has 0 amide bonds. The summed E-state index contributed by atoms with van der Waals surface area (Å²) < 4.78 is 5.10. The summed E-state index contributed by atoms with van der Waals surface area (Å²) in [7, 11) is 1.64. The first kappa shape index (κ1) is 16.5. The van der Waals surface area contributed by atoms with Crippen LogP contribution in [0.5, 0.6) is 5.75 Å². The van der Waals surface area contributed by atoms with Gasteiger partial charge in [-0.2, -0.15) is 4.90 Å². The van der Waals surface area contributed by atoms with Gasteiger partial charge in [0.15, 0.2) is 0 Å². The van der Waals surface area contributed by atoms with Gasteiger partial charge in [-0.25, -0.2) is 4.98 Å². The molecule has 94 valence electrons. The topological polar surface area (TPSA) is 34.1 Å². The van der Waals surface area contributed by atoms with Gasteiger partial charge >= 0.3 is 29.6 Å². The summed E-state index contributed by atoms with van der Waals surface area (Å²) in [4.78, 5) is 4.75. The molecule has 0 fully saturated rings. The SMILES string of the molecule is COc1ccc(CNc2nccc([S-])c2Cl)cc1.[Na+]. The summed E-state index contributed by atoms with van der Waals surface area (Å²) >= 11 is 11.1. The van der Waals surface area contributed by atoms with Gasteiger partial charge in [0.1, 0.15) is 11.6 Å². The summed E-state index contributed by atoms with van der Waals surface area (Å²) in [6, 6.07) is 9.50. The van der Waals surface area contributed by atoms with Gasteiger partial charge in [-0.15, -0.1) is 0 Å². The number of hydrogen-bond acceptors (Lipinski definition) is 4. The third kappa shape index (κ3) is 4.51. The smallest absolute Gasteiger partial charge is 0.778 e. The predicted octanol–water partition coefficient (Wildman–Crippen LogP) is 0.265. The third-order valence-corrected chi connectivity index (χ3v) is 3.31. The zero-order chi connectivity index (χ0) is 13.0. The molecule has 0 saturated heterocycles. The molecule has 0 aliphatic heterocycles. The summed E-state index contributed by atoms with van der Waals surface area (Å²) in [5.74, 6) is 1.45. The molecule has 0 saturated carbocycles. The average Bonchev–Trinajstić information content (AvgIpc) is 2.41. The molecule has 0 unspecified atom stereocenters. The molecule has 0 atom stereocenters. The summed E-state index contributed by atoms with van der Waals surface area (Å²) in [6.45, 7) is 0.634. The second-order valence-corrected chi connectivity index (χ2v) is 4.49. The van der Waals surface area contributed by atoms with E-state index in [1.54, 1.807) is 19.4 Å². The second-order valence-electron chi connectivity index (χ2n) is 3.67. The Bertz CT molecular complexity index is 537. The number of halogens is 1. The third-order valence-electron chi connectivity index (χ3n) is 2.47. The normalized spacial score (nSPS) is 9.58. The molecule has 0 aliphatic rings. The number of rotatable bonds is 4. The zero-order valence-electron chi connectivity index (χ0n) is 10.8. The van der Waals surface area contributed by atoms with Crippen LogP contribution in [-0.2, 0) is 19.2 Å². The Morgan fingerprint density at radius 1 is 1.26 bits per heavy atom. The summed E-state index contributed by atoms with van der Waals surface area (Å²) in [5, 5.41) is 3.64. The number of methoxy groups -OCH3 is 1. The summed E-state index contributed by atoms with van der Waals surface area (Å²) in [5.41, 5.74) is 1.11. The van der Waals surface area contributed by atoms with E-state index in [9.17, 15) is 0 Å². The van der Waals surface area contributed by atoms with E-state index >= 15 is 0 Å². The number of nitrogens with zero attached hydrogens (tertiary/aromatic N) is 1. The fourth-order valence-corrected chi connectivity index (χ4v) is 1.81. The average molecular weight is 303 g/mol. The Morgan fingerprint density at radius 3 is 2.58 bits per heavy atom. The van der Waals surface area contributed by atoms with Crippen LogP contribution in [0.3, 0.4) is 0 Å². The maximum absolute atomic E-state index is 6.06. The molecule has 19 heavy (non-hydrogen) atoms. The van der Waals surface area contributed by atoms with E-state index in [0.29, 0.717) is 22.3 Å². The standard InChI is InChI=1S/C13H13ClN2OS.Na/c1-17-10-4-2-9(3-5-10)8-16-13-12(14)11(18)6-7-15-13;/h2-7H,8H2,1H3,(H2,15,16,18);/q;+1/p-1. The van der Waals surface area contributed by atoms with Gasteiger partial charge in [-0.3, -0.25) is 0 Å². The molecule has 0 radical (unpaired) electrons. The molecule has 0 aliphatic carbocycles. The van der Waals surface area contributed by atoms with Crippen molar-refractivity contribution in [2.45, 2.75) is 11.4 Å². The fourth-order valence-electron chi connectivity index (χ4n) is 1.48. The Balaban J connectivity index is 0.00000180. The van der Waals surface area contributed by atoms with Gasteiger partial charge in [-0.1, -0.05) is 29.8 Å². The minimum absolute atomic E-state index is 0. The molecular weight excluding hydrogens is 291 g/mol. The number of ether oxygens (including phenoxy) is 1. The largest absolute Gasteiger partial charge is 1.00 e. The first-order valence-electron chi connectivity index (χ1n) is 5.39. The quantitative estimate of drug-likeness (QED) is 0.649. The van der Waals surface area contributed by atoms with Gasteiger partial charge in [0.2, 0.25) is 0 Å². The molecule has 3 nitrogen and oxygen atoms in total. The number of anilines is 1. The van der Waals surface area contributed by atoms with Crippen molar-refractivity contribution < 1.29 is 34.3 Å². The molecular formula is C13H12ClN2NaOS. The summed E-state index contributed by atoms with van der Waals surface area (Å²) in [6.07, 6.45) is 1.64. The van der Waals surface area contributed by atoms with Crippen molar-refractivity contribution in [1.82, 2.24) is 4.98 Å². The van der Waals surface area contributed by atoms with Crippen molar-refractivity contribution in [1.29, 1.82) is 0 Å². The van der Waals surface area contributed by atoms with Crippen molar-refractivity contribution in [3.05, 3.63) is 47.1 Å². The second kappa shape index (κ2) is 7.92. The van der Waals surface area contributed by atoms with Crippen LogP contribution in [0, 0.1) is 0 Å². The van der Waals surface area contributed by atoms with Crippen molar-refractivity contribution in [2.75, 3.05) is 12.4 Å². The van der Waals surface area contributed by atoms with Crippen LogP contribution in [0.2, 0.25) is 5.02 Å². The number of aromatic nitrogens is 1. The zero-order valence-corrected chi connectivity index (χ0v) is 14.4. The van der Waals surface area contributed by atoms with Crippen LogP contribution < -0.4 is 39.6 Å². The van der Waals surface area contributed by atoms with Gasteiger partial charge in [0.05, 0.1) is 12.1 Å². The molecule has 1 N–H and O–H groups in total. The molecule has 1 aromatic carbocycles. The number of pyridine rings is 1. The maximum Gasteiger partial charge on any atom is 1.00 e. The van der Waals surface area contributed by atoms with Crippen molar-refractivity contribution in [2.24, 2.45) is 0 Å². The first-order chi connectivity index (χ1) is 8.70. The van der Waals surface area contributed by atoms with Crippen LogP contribution in [0.4, 0.5) is 5.82 Å². The Labute approximate surface area is 145 Å². The fraction of sp³-hybridized carbons (Fsp3) is 0.154. The minimum Gasteiger partial charge on any atom is -0.778 e. The molecule has 0 spiro atoms. The molecule has 1 heterocycles. The van der Waals surface area contributed by atoms with E-state index in [1.165, 1.54) is 0 Å². The molecule has 2 aromatic rings. The van der Waals surface area contributed by atoms with Gasteiger partial charge in [0, 0.05) is 12.7 Å². The van der Waals surface area contributed by atoms with Crippen LogP contribution in [-0.4, -0.2) is 12.1 Å². The predicted molar refractivity (Wildman–Crippen MR) is 75.2 cm³/mol. The minimum atomic E-state index is 0. The molecule has 0 bridgehead atoms. The van der Waals surface area contributed by atoms with E-state index in [4.69, 9.17) is 29.0 Å². The van der Waals surface area contributed by atoms with Crippen LogP contribution >= 0.6 is 11.6 Å². The number of benzene rings is 1. The maximum atomic E-state index is 6.06. The van der Waals surface area contributed by atoms with E-state index in [0.717, 1.165) is 11.3 Å². The van der Waals surface area contributed by atoms with E-state index in [-0.39, 0.29) is 29.6 Å². The Kier molecular flexibility index (Phi) is 6.89. The van der Waals surface area contributed by atoms with Gasteiger partial charge in [0.25, 0.3) is 0 Å². The number of hydrogen-bond donors (Lipinski definition) is 1. The monoisotopic (exact) mass is 302 g/mol. The Hall–Kier alpha value is -0.520. The van der Waals surface area contributed by atoms with Crippen molar-refractivity contribution in [3.8, 4) is 5.75 Å².